The molecule has 0 atom stereocenters. The van der Waals surface area contributed by atoms with Crippen LogP contribution in [0.25, 0.3) is 0 Å². The molecule has 1 aromatic heterocycles. The smallest absolute Gasteiger partial charge is 0.146 e. The van der Waals surface area contributed by atoms with Gasteiger partial charge in [-0.3, -0.25) is 0 Å². The Hall–Kier alpha value is -2.07. The predicted octanol–water partition coefficient (Wildman–Crippen LogP) is 2.60. The number of aromatic nitrogens is 1. The fourth-order valence-corrected chi connectivity index (χ4v) is 2.11. The molecule has 4 heteroatoms. The highest BCUT2D eigenvalue weighted by Gasteiger charge is 2.01. The van der Waals surface area contributed by atoms with Crippen molar-refractivity contribution in [3.63, 3.8) is 0 Å². The second-order valence-corrected chi connectivity index (χ2v) is 4.94. The molecule has 3 N–H and O–H groups in total. The number of nitrogens with two attached hydrogens (primary N) is 1. The van der Waals surface area contributed by atoms with E-state index < -0.39 is 0 Å². The molecule has 0 aliphatic heterocycles. The van der Waals surface area contributed by atoms with Gasteiger partial charge in [0.1, 0.15) is 5.82 Å². The Balaban J connectivity index is 1.67. The second kappa shape index (κ2) is 7.50. The van der Waals surface area contributed by atoms with Crippen molar-refractivity contribution in [3.05, 3.63) is 54.2 Å². The van der Waals surface area contributed by atoms with Gasteiger partial charge in [0.25, 0.3) is 0 Å². The number of rotatable bonds is 7. The standard InChI is InChI=1S/C16H22N4/c1-20(13-14-7-3-2-4-8-14)12-6-11-18-15-9-5-10-19-16(15)17/h2-5,7-10,18H,6,11-13H2,1H3,(H2,17,19). The lowest BCUT2D eigenvalue weighted by atomic mass is 10.2. The van der Waals surface area contributed by atoms with Gasteiger partial charge in [0.2, 0.25) is 0 Å². The van der Waals surface area contributed by atoms with Crippen LogP contribution in [0, 0.1) is 0 Å². The molecule has 1 aromatic carbocycles. The highest BCUT2D eigenvalue weighted by molar-refractivity contribution is 5.60. The summed E-state index contributed by atoms with van der Waals surface area (Å²) in [6, 6.07) is 14.4. The minimum Gasteiger partial charge on any atom is -0.382 e. The highest BCUT2D eigenvalue weighted by Crippen LogP contribution is 2.13. The lowest BCUT2D eigenvalue weighted by Gasteiger charge is -2.17. The molecule has 1 heterocycles. The van der Waals surface area contributed by atoms with Crippen LogP contribution in [0.2, 0.25) is 0 Å². The van der Waals surface area contributed by atoms with Crippen LogP contribution >= 0.6 is 0 Å². The molecule has 0 aliphatic carbocycles. The molecule has 0 amide bonds. The molecular formula is C16H22N4. The number of nitrogens with zero attached hydrogens (tertiary/aromatic N) is 2. The molecular weight excluding hydrogens is 248 g/mol. The summed E-state index contributed by atoms with van der Waals surface area (Å²) in [5, 5.41) is 3.32. The van der Waals surface area contributed by atoms with Crippen LogP contribution in [0.5, 0.6) is 0 Å². The van der Waals surface area contributed by atoms with Gasteiger partial charge >= 0.3 is 0 Å². The molecule has 0 fully saturated rings. The number of pyridine rings is 1. The van der Waals surface area contributed by atoms with Crippen molar-refractivity contribution in [1.29, 1.82) is 0 Å². The highest BCUT2D eigenvalue weighted by atomic mass is 15.1. The number of hydrogen-bond donors (Lipinski definition) is 2. The third-order valence-electron chi connectivity index (χ3n) is 3.17. The van der Waals surface area contributed by atoms with Crippen molar-refractivity contribution in [2.75, 3.05) is 31.2 Å². The SMILES string of the molecule is CN(CCCNc1cccnc1N)Cc1ccccc1. The molecule has 0 bridgehead atoms. The molecule has 0 radical (unpaired) electrons. The Labute approximate surface area is 120 Å². The Kier molecular flexibility index (Phi) is 5.38. The Morgan fingerprint density at radius 2 is 1.95 bits per heavy atom. The average Bonchev–Trinajstić information content (AvgIpc) is 2.46. The first-order chi connectivity index (χ1) is 9.75. The van der Waals surface area contributed by atoms with E-state index in [1.54, 1.807) is 6.20 Å². The molecule has 20 heavy (non-hydrogen) atoms. The molecule has 0 unspecified atom stereocenters. The summed E-state index contributed by atoms with van der Waals surface area (Å²) < 4.78 is 0. The fraction of sp³-hybridized carbons (Fsp3) is 0.312. The van der Waals surface area contributed by atoms with Crippen molar-refractivity contribution < 1.29 is 0 Å². The maximum absolute atomic E-state index is 5.78. The van der Waals surface area contributed by atoms with Gasteiger partial charge in [-0.15, -0.1) is 0 Å². The van der Waals surface area contributed by atoms with Crippen molar-refractivity contribution >= 4 is 11.5 Å². The molecule has 0 saturated heterocycles. The molecule has 0 saturated carbocycles. The Morgan fingerprint density at radius 3 is 2.70 bits per heavy atom. The van der Waals surface area contributed by atoms with E-state index in [-0.39, 0.29) is 0 Å². The van der Waals surface area contributed by atoms with Crippen molar-refractivity contribution in [2.45, 2.75) is 13.0 Å². The first-order valence-electron chi connectivity index (χ1n) is 6.92. The van der Waals surface area contributed by atoms with Crippen LogP contribution in [-0.2, 0) is 6.54 Å². The summed E-state index contributed by atoms with van der Waals surface area (Å²) >= 11 is 0. The summed E-state index contributed by atoms with van der Waals surface area (Å²) in [6.45, 7) is 2.92. The van der Waals surface area contributed by atoms with Crippen LogP contribution < -0.4 is 11.1 Å². The fourth-order valence-electron chi connectivity index (χ4n) is 2.11. The number of nitrogen functional groups attached to an aromatic ring is 1. The first-order valence-corrected chi connectivity index (χ1v) is 6.92. The summed E-state index contributed by atoms with van der Waals surface area (Å²) in [5.41, 5.74) is 8.04. The van der Waals surface area contributed by atoms with Gasteiger partial charge in [-0.1, -0.05) is 30.3 Å². The largest absolute Gasteiger partial charge is 0.382 e. The molecule has 0 aliphatic rings. The predicted molar refractivity (Wildman–Crippen MR) is 84.5 cm³/mol. The van der Waals surface area contributed by atoms with E-state index in [1.165, 1.54) is 5.56 Å². The van der Waals surface area contributed by atoms with Gasteiger partial charge in [-0.2, -0.15) is 0 Å². The van der Waals surface area contributed by atoms with Crippen LogP contribution in [0.4, 0.5) is 11.5 Å². The van der Waals surface area contributed by atoms with Gasteiger partial charge in [-0.25, -0.2) is 4.98 Å². The van der Waals surface area contributed by atoms with Crippen LogP contribution in [0.3, 0.4) is 0 Å². The van der Waals surface area contributed by atoms with E-state index in [4.69, 9.17) is 5.73 Å². The summed E-state index contributed by atoms with van der Waals surface area (Å²) in [5.74, 6) is 0.560. The van der Waals surface area contributed by atoms with Crippen LogP contribution in [0.1, 0.15) is 12.0 Å². The number of nitrogens with one attached hydrogen (secondary N) is 1. The second-order valence-electron chi connectivity index (χ2n) is 4.94. The molecule has 2 aromatic rings. The molecule has 0 spiro atoms. The maximum Gasteiger partial charge on any atom is 0.146 e. The number of hydrogen-bond acceptors (Lipinski definition) is 4. The van der Waals surface area contributed by atoms with E-state index in [0.717, 1.165) is 31.7 Å². The van der Waals surface area contributed by atoms with E-state index >= 15 is 0 Å². The monoisotopic (exact) mass is 270 g/mol. The summed E-state index contributed by atoms with van der Waals surface area (Å²) in [6.07, 6.45) is 2.77. The van der Waals surface area contributed by atoms with Crippen LogP contribution in [-0.4, -0.2) is 30.0 Å². The normalized spacial score (nSPS) is 10.7. The minimum absolute atomic E-state index is 0.560. The van der Waals surface area contributed by atoms with E-state index in [2.05, 4.69) is 46.5 Å². The minimum atomic E-state index is 0.560. The number of benzene rings is 1. The third kappa shape index (κ3) is 4.55. The van der Waals surface area contributed by atoms with Gasteiger partial charge in [0.15, 0.2) is 0 Å². The Bertz CT molecular complexity index is 513. The van der Waals surface area contributed by atoms with Gasteiger partial charge in [0.05, 0.1) is 5.69 Å². The van der Waals surface area contributed by atoms with E-state index in [1.807, 2.05) is 18.2 Å². The summed E-state index contributed by atoms with van der Waals surface area (Å²) in [7, 11) is 2.14. The van der Waals surface area contributed by atoms with Crippen molar-refractivity contribution in [3.8, 4) is 0 Å². The van der Waals surface area contributed by atoms with Gasteiger partial charge in [0, 0.05) is 19.3 Å². The third-order valence-corrected chi connectivity index (χ3v) is 3.17. The van der Waals surface area contributed by atoms with E-state index in [9.17, 15) is 0 Å². The zero-order chi connectivity index (χ0) is 14.2. The molecule has 2 rings (SSSR count). The zero-order valence-electron chi connectivity index (χ0n) is 11.9. The number of anilines is 2. The summed E-state index contributed by atoms with van der Waals surface area (Å²) in [4.78, 5) is 6.38. The first kappa shape index (κ1) is 14.3. The lowest BCUT2D eigenvalue weighted by Crippen LogP contribution is -2.21. The van der Waals surface area contributed by atoms with E-state index in [0.29, 0.717) is 5.82 Å². The average molecular weight is 270 g/mol. The van der Waals surface area contributed by atoms with Crippen molar-refractivity contribution in [1.82, 2.24) is 9.88 Å². The maximum atomic E-state index is 5.78. The quantitative estimate of drug-likeness (QED) is 0.759. The zero-order valence-corrected chi connectivity index (χ0v) is 11.9. The molecule has 106 valence electrons. The van der Waals surface area contributed by atoms with Gasteiger partial charge in [-0.05, 0) is 37.7 Å². The topological polar surface area (TPSA) is 54.2 Å². The van der Waals surface area contributed by atoms with Crippen molar-refractivity contribution in [2.24, 2.45) is 0 Å². The van der Waals surface area contributed by atoms with Crippen LogP contribution in [0.15, 0.2) is 48.7 Å². The van der Waals surface area contributed by atoms with Gasteiger partial charge < -0.3 is 16.0 Å². The molecule has 4 nitrogen and oxygen atoms in total. The Morgan fingerprint density at radius 1 is 1.15 bits per heavy atom. The lowest BCUT2D eigenvalue weighted by molar-refractivity contribution is 0.325.